The van der Waals surface area contributed by atoms with E-state index in [1.54, 1.807) is 0 Å². The van der Waals surface area contributed by atoms with Gasteiger partial charge in [0.05, 0.1) is 0 Å². The van der Waals surface area contributed by atoms with Crippen molar-refractivity contribution >= 4 is 0 Å². The third kappa shape index (κ3) is 5.44. The van der Waals surface area contributed by atoms with Crippen LogP contribution in [0.4, 0.5) is 0 Å². The molecule has 0 aromatic heterocycles. The molecule has 2 atom stereocenters. The van der Waals surface area contributed by atoms with Gasteiger partial charge in [0.1, 0.15) is 0 Å². The first-order chi connectivity index (χ1) is 8.00. The summed E-state index contributed by atoms with van der Waals surface area (Å²) in [5, 5.41) is 0. The fraction of sp³-hybridized carbons (Fsp3) is 1.00. The Bertz CT molecular complexity index is 186. The Hall–Kier alpha value is 0. The van der Waals surface area contributed by atoms with Gasteiger partial charge in [-0.1, -0.05) is 66.7 Å². The van der Waals surface area contributed by atoms with E-state index in [1.165, 1.54) is 44.9 Å². The molecular weight excluding hydrogens is 204 g/mol. The summed E-state index contributed by atoms with van der Waals surface area (Å²) in [7, 11) is 0. The molecule has 1 saturated carbocycles. The van der Waals surface area contributed by atoms with E-state index in [-0.39, 0.29) is 0 Å². The molecule has 0 aliphatic heterocycles. The van der Waals surface area contributed by atoms with E-state index in [0.717, 1.165) is 29.6 Å². The SMILES string of the molecule is CC(C)CCC(CC(C)C(C)C)C1CCCC1. The lowest BCUT2D eigenvalue weighted by Crippen LogP contribution is -2.18. The molecule has 17 heavy (non-hydrogen) atoms. The Morgan fingerprint density at radius 3 is 1.94 bits per heavy atom. The quantitative estimate of drug-likeness (QED) is 0.517. The number of hydrogen-bond acceptors (Lipinski definition) is 0. The highest BCUT2D eigenvalue weighted by atomic mass is 14.3. The van der Waals surface area contributed by atoms with Crippen molar-refractivity contribution in [2.75, 3.05) is 0 Å². The standard InChI is InChI=1S/C17H34/c1-13(2)10-11-17(12-15(5)14(3)4)16-8-6-7-9-16/h13-17H,6-12H2,1-5H3. The van der Waals surface area contributed by atoms with Crippen LogP contribution >= 0.6 is 0 Å². The lowest BCUT2D eigenvalue weighted by molar-refractivity contribution is 0.222. The first-order valence-electron chi connectivity index (χ1n) is 8.00. The normalized spacial score (nSPS) is 21.4. The number of hydrogen-bond donors (Lipinski definition) is 0. The Balaban J connectivity index is 2.45. The van der Waals surface area contributed by atoms with Crippen LogP contribution in [0.25, 0.3) is 0 Å². The van der Waals surface area contributed by atoms with Crippen molar-refractivity contribution in [2.45, 2.75) is 79.6 Å². The van der Waals surface area contributed by atoms with Gasteiger partial charge in [0.25, 0.3) is 0 Å². The molecule has 0 nitrogen and oxygen atoms in total. The van der Waals surface area contributed by atoms with E-state index in [1.807, 2.05) is 0 Å². The largest absolute Gasteiger partial charge is 0.0628 e. The van der Waals surface area contributed by atoms with Crippen molar-refractivity contribution in [3.8, 4) is 0 Å². The smallest absolute Gasteiger partial charge is 0.0383 e. The van der Waals surface area contributed by atoms with Crippen LogP contribution < -0.4 is 0 Å². The van der Waals surface area contributed by atoms with Gasteiger partial charge in [0, 0.05) is 0 Å². The predicted molar refractivity (Wildman–Crippen MR) is 78.1 cm³/mol. The lowest BCUT2D eigenvalue weighted by Gasteiger charge is -2.28. The third-order valence-corrected chi connectivity index (χ3v) is 4.99. The average molecular weight is 238 g/mol. The maximum absolute atomic E-state index is 2.46. The van der Waals surface area contributed by atoms with Crippen molar-refractivity contribution in [3.05, 3.63) is 0 Å². The van der Waals surface area contributed by atoms with E-state index in [9.17, 15) is 0 Å². The second-order valence-corrected chi connectivity index (χ2v) is 7.23. The van der Waals surface area contributed by atoms with Crippen LogP contribution in [0.5, 0.6) is 0 Å². The molecule has 0 amide bonds. The molecule has 0 heteroatoms. The molecule has 0 saturated heterocycles. The van der Waals surface area contributed by atoms with Crippen LogP contribution in [-0.2, 0) is 0 Å². The Morgan fingerprint density at radius 2 is 1.47 bits per heavy atom. The average Bonchev–Trinajstić information content (AvgIpc) is 2.76. The topological polar surface area (TPSA) is 0 Å². The van der Waals surface area contributed by atoms with Crippen LogP contribution in [0.1, 0.15) is 79.6 Å². The minimum Gasteiger partial charge on any atom is -0.0628 e. The molecule has 0 spiro atoms. The van der Waals surface area contributed by atoms with Gasteiger partial charge in [-0.15, -0.1) is 0 Å². The third-order valence-electron chi connectivity index (χ3n) is 4.99. The summed E-state index contributed by atoms with van der Waals surface area (Å²) in [4.78, 5) is 0. The molecule has 1 rings (SSSR count). The molecule has 2 unspecified atom stereocenters. The highest BCUT2D eigenvalue weighted by Crippen LogP contribution is 2.38. The van der Waals surface area contributed by atoms with E-state index in [0.29, 0.717) is 0 Å². The summed E-state index contributed by atoms with van der Waals surface area (Å²) < 4.78 is 0. The maximum Gasteiger partial charge on any atom is -0.0383 e. The minimum atomic E-state index is 0.859. The van der Waals surface area contributed by atoms with Gasteiger partial charge in [0.2, 0.25) is 0 Å². The molecule has 1 fully saturated rings. The van der Waals surface area contributed by atoms with Crippen molar-refractivity contribution in [2.24, 2.45) is 29.6 Å². The summed E-state index contributed by atoms with van der Waals surface area (Å²) in [6, 6.07) is 0. The molecule has 0 aromatic rings. The van der Waals surface area contributed by atoms with Gasteiger partial charge >= 0.3 is 0 Å². The van der Waals surface area contributed by atoms with Gasteiger partial charge in [-0.25, -0.2) is 0 Å². The Kier molecular flexibility index (Phi) is 6.59. The molecular formula is C17H34. The Morgan fingerprint density at radius 1 is 0.882 bits per heavy atom. The van der Waals surface area contributed by atoms with Gasteiger partial charge in [-0.2, -0.15) is 0 Å². The van der Waals surface area contributed by atoms with Gasteiger partial charge < -0.3 is 0 Å². The van der Waals surface area contributed by atoms with Crippen LogP contribution in [0.15, 0.2) is 0 Å². The minimum absolute atomic E-state index is 0.859. The van der Waals surface area contributed by atoms with Crippen molar-refractivity contribution < 1.29 is 0 Å². The fourth-order valence-corrected chi connectivity index (χ4v) is 3.27. The maximum atomic E-state index is 2.46. The zero-order valence-electron chi connectivity index (χ0n) is 12.8. The molecule has 0 radical (unpaired) electrons. The number of rotatable bonds is 7. The molecule has 0 heterocycles. The first-order valence-corrected chi connectivity index (χ1v) is 8.00. The zero-order valence-corrected chi connectivity index (χ0v) is 12.8. The molecule has 1 aliphatic rings. The molecule has 102 valence electrons. The lowest BCUT2D eigenvalue weighted by atomic mass is 9.77. The van der Waals surface area contributed by atoms with Gasteiger partial charge in [-0.3, -0.25) is 0 Å². The van der Waals surface area contributed by atoms with Crippen LogP contribution in [0.2, 0.25) is 0 Å². The predicted octanol–water partition coefficient (Wildman–Crippen LogP) is 5.91. The second-order valence-electron chi connectivity index (χ2n) is 7.23. The van der Waals surface area contributed by atoms with Crippen molar-refractivity contribution in [1.82, 2.24) is 0 Å². The summed E-state index contributed by atoms with van der Waals surface area (Å²) in [6.45, 7) is 12.0. The monoisotopic (exact) mass is 238 g/mol. The summed E-state index contributed by atoms with van der Waals surface area (Å²) in [5.74, 6) is 4.74. The van der Waals surface area contributed by atoms with Crippen LogP contribution in [0.3, 0.4) is 0 Å². The second kappa shape index (κ2) is 7.44. The van der Waals surface area contributed by atoms with Crippen molar-refractivity contribution in [3.63, 3.8) is 0 Å². The molecule has 0 N–H and O–H groups in total. The van der Waals surface area contributed by atoms with Gasteiger partial charge in [-0.05, 0) is 42.4 Å². The highest BCUT2D eigenvalue weighted by molar-refractivity contribution is 4.78. The van der Waals surface area contributed by atoms with Crippen molar-refractivity contribution in [1.29, 1.82) is 0 Å². The van der Waals surface area contributed by atoms with E-state index in [4.69, 9.17) is 0 Å². The highest BCUT2D eigenvalue weighted by Gasteiger charge is 2.26. The van der Waals surface area contributed by atoms with E-state index >= 15 is 0 Å². The van der Waals surface area contributed by atoms with E-state index < -0.39 is 0 Å². The molecule has 1 aliphatic carbocycles. The van der Waals surface area contributed by atoms with Crippen LogP contribution in [0, 0.1) is 29.6 Å². The summed E-state index contributed by atoms with van der Waals surface area (Å²) in [5.41, 5.74) is 0. The summed E-state index contributed by atoms with van der Waals surface area (Å²) in [6.07, 6.45) is 10.4. The molecule has 0 bridgehead atoms. The fourth-order valence-electron chi connectivity index (χ4n) is 3.27. The first kappa shape index (κ1) is 15.1. The Labute approximate surface area is 110 Å². The van der Waals surface area contributed by atoms with Crippen LogP contribution in [-0.4, -0.2) is 0 Å². The zero-order chi connectivity index (χ0) is 12.8. The summed E-state index contributed by atoms with van der Waals surface area (Å²) >= 11 is 0. The van der Waals surface area contributed by atoms with E-state index in [2.05, 4.69) is 34.6 Å². The van der Waals surface area contributed by atoms with Gasteiger partial charge in [0.15, 0.2) is 0 Å². The molecule has 0 aromatic carbocycles.